The Morgan fingerprint density at radius 2 is 1.27 bits per heavy atom. The molecular weight excluding hydrogens is 140 g/mol. The van der Waals surface area contributed by atoms with Crippen molar-refractivity contribution < 1.29 is 10.6 Å². The first kappa shape index (κ1) is 17.0. The molecule has 0 heterocycles. The molecule has 0 rings (SSSR count). The van der Waals surface area contributed by atoms with E-state index in [0.717, 1.165) is 0 Å². The molecule has 0 atom stereocenters. The van der Waals surface area contributed by atoms with Crippen molar-refractivity contribution in [3.8, 4) is 0 Å². The van der Waals surface area contributed by atoms with Gasteiger partial charge in [0.1, 0.15) is 0 Å². The molecule has 2 nitrogen and oxygen atoms in total. The normalized spacial score (nSPS) is 8.64. The number of hydrogen-bond acceptors (Lipinski definition) is 1. The van der Waals surface area contributed by atoms with Gasteiger partial charge in [0.2, 0.25) is 0 Å². The van der Waals surface area contributed by atoms with Crippen molar-refractivity contribution >= 4 is 0 Å². The average molecular weight is 162 g/mol. The highest BCUT2D eigenvalue weighted by molar-refractivity contribution is 4.88. The van der Waals surface area contributed by atoms with Crippen LogP contribution in [0.5, 0.6) is 0 Å². The van der Waals surface area contributed by atoms with E-state index in [9.17, 15) is 0 Å². The van der Waals surface area contributed by atoms with E-state index in [1.165, 1.54) is 5.57 Å². The Bertz CT molecular complexity index is 88.6. The molecule has 3 N–H and O–H groups in total. The van der Waals surface area contributed by atoms with E-state index in [2.05, 4.69) is 19.9 Å². The minimum absolute atomic E-state index is 0. The summed E-state index contributed by atoms with van der Waals surface area (Å²) in [6.07, 6.45) is 2.08. The SMILES string of the molecule is CC(C)(C)O.CC=C(C)C.O. The number of allylic oxidation sites excluding steroid dienone is 2. The second kappa shape index (κ2) is 7.76. The molecule has 0 aliphatic carbocycles. The Morgan fingerprint density at radius 1 is 1.18 bits per heavy atom. The van der Waals surface area contributed by atoms with Gasteiger partial charge in [-0.05, 0) is 41.5 Å². The Balaban J connectivity index is -0.000000107. The largest absolute Gasteiger partial charge is 0.412 e. The van der Waals surface area contributed by atoms with Gasteiger partial charge in [0.15, 0.2) is 0 Å². The molecule has 0 unspecified atom stereocenters. The summed E-state index contributed by atoms with van der Waals surface area (Å²) in [6, 6.07) is 0. The predicted molar refractivity (Wildman–Crippen MR) is 50.7 cm³/mol. The van der Waals surface area contributed by atoms with Crippen LogP contribution >= 0.6 is 0 Å². The van der Waals surface area contributed by atoms with Crippen LogP contribution in [0.2, 0.25) is 0 Å². The molecule has 0 aromatic carbocycles. The lowest BCUT2D eigenvalue weighted by molar-refractivity contribution is 0.102. The minimum atomic E-state index is -0.500. The van der Waals surface area contributed by atoms with Gasteiger partial charge in [-0.3, -0.25) is 0 Å². The Morgan fingerprint density at radius 3 is 1.27 bits per heavy atom. The van der Waals surface area contributed by atoms with E-state index in [1.807, 2.05) is 6.92 Å². The van der Waals surface area contributed by atoms with Crippen LogP contribution < -0.4 is 0 Å². The van der Waals surface area contributed by atoms with E-state index >= 15 is 0 Å². The van der Waals surface area contributed by atoms with Crippen LogP contribution in [0.4, 0.5) is 0 Å². The van der Waals surface area contributed by atoms with Gasteiger partial charge in [-0.25, -0.2) is 0 Å². The van der Waals surface area contributed by atoms with Gasteiger partial charge in [-0.1, -0.05) is 11.6 Å². The van der Waals surface area contributed by atoms with Crippen LogP contribution in [0.25, 0.3) is 0 Å². The Hall–Kier alpha value is -0.340. The van der Waals surface area contributed by atoms with E-state index in [0.29, 0.717) is 0 Å². The molecule has 0 radical (unpaired) electrons. The zero-order valence-electron chi connectivity index (χ0n) is 8.52. The molecule has 2 heteroatoms. The topological polar surface area (TPSA) is 51.7 Å². The van der Waals surface area contributed by atoms with E-state index in [-0.39, 0.29) is 5.48 Å². The second-order valence-electron chi connectivity index (χ2n) is 3.54. The molecule has 0 bridgehead atoms. The Labute approximate surface area is 70.3 Å². The smallest absolute Gasteiger partial charge is 0.0563 e. The molecule has 11 heavy (non-hydrogen) atoms. The molecular formula is C9H22O2. The molecule has 0 saturated carbocycles. The van der Waals surface area contributed by atoms with Crippen molar-refractivity contribution in [2.45, 2.75) is 47.1 Å². The van der Waals surface area contributed by atoms with Crippen molar-refractivity contribution in [3.05, 3.63) is 11.6 Å². The van der Waals surface area contributed by atoms with Crippen LogP contribution in [0.3, 0.4) is 0 Å². The fourth-order valence-electron chi connectivity index (χ4n) is 0. The second-order valence-corrected chi connectivity index (χ2v) is 3.54. The fraction of sp³-hybridized carbons (Fsp3) is 0.778. The predicted octanol–water partition coefficient (Wildman–Crippen LogP) is 1.93. The first-order valence-electron chi connectivity index (χ1n) is 3.59. The lowest BCUT2D eigenvalue weighted by atomic mass is 10.2. The molecule has 0 aliphatic rings. The number of aliphatic hydroxyl groups is 1. The summed E-state index contributed by atoms with van der Waals surface area (Å²) in [5, 5.41) is 8.52. The van der Waals surface area contributed by atoms with E-state index < -0.39 is 5.60 Å². The van der Waals surface area contributed by atoms with Crippen molar-refractivity contribution in [1.82, 2.24) is 0 Å². The van der Waals surface area contributed by atoms with Crippen LogP contribution in [0.1, 0.15) is 41.5 Å². The lowest BCUT2D eigenvalue weighted by Gasteiger charge is -2.04. The van der Waals surface area contributed by atoms with E-state index in [1.54, 1.807) is 20.8 Å². The summed E-state index contributed by atoms with van der Waals surface area (Å²) >= 11 is 0. The Kier molecular flexibility index (Phi) is 12.0. The third-order valence-corrected chi connectivity index (χ3v) is 0.577. The van der Waals surface area contributed by atoms with Crippen LogP contribution in [0, 0.1) is 0 Å². The van der Waals surface area contributed by atoms with Gasteiger partial charge >= 0.3 is 0 Å². The molecule has 0 fully saturated rings. The zero-order chi connectivity index (χ0) is 8.78. The summed E-state index contributed by atoms with van der Waals surface area (Å²) in [4.78, 5) is 0. The number of rotatable bonds is 0. The van der Waals surface area contributed by atoms with Gasteiger partial charge < -0.3 is 10.6 Å². The monoisotopic (exact) mass is 162 g/mol. The lowest BCUT2D eigenvalue weighted by Crippen LogP contribution is -2.10. The highest BCUT2D eigenvalue weighted by Crippen LogP contribution is 1.93. The van der Waals surface area contributed by atoms with Crippen LogP contribution in [0.15, 0.2) is 11.6 Å². The molecule has 0 amide bonds. The highest BCUT2D eigenvalue weighted by Gasteiger charge is 1.97. The van der Waals surface area contributed by atoms with Gasteiger partial charge in [0, 0.05) is 0 Å². The third kappa shape index (κ3) is 206. The average Bonchev–Trinajstić information content (AvgIpc) is 1.61. The highest BCUT2D eigenvalue weighted by atomic mass is 16.3. The maximum absolute atomic E-state index is 8.52. The maximum Gasteiger partial charge on any atom is 0.0563 e. The van der Waals surface area contributed by atoms with Gasteiger partial charge in [-0.15, -0.1) is 0 Å². The summed E-state index contributed by atoms with van der Waals surface area (Å²) in [7, 11) is 0. The maximum atomic E-state index is 8.52. The van der Waals surface area contributed by atoms with Gasteiger partial charge in [0.25, 0.3) is 0 Å². The molecule has 0 aromatic rings. The first-order chi connectivity index (χ1) is 4.27. The summed E-state index contributed by atoms with van der Waals surface area (Å²) in [6.45, 7) is 11.4. The summed E-state index contributed by atoms with van der Waals surface area (Å²) < 4.78 is 0. The molecule has 0 spiro atoms. The van der Waals surface area contributed by atoms with Crippen molar-refractivity contribution in [2.24, 2.45) is 0 Å². The van der Waals surface area contributed by atoms with Crippen LogP contribution in [-0.4, -0.2) is 16.2 Å². The van der Waals surface area contributed by atoms with Crippen LogP contribution in [-0.2, 0) is 0 Å². The molecule has 0 saturated heterocycles. The number of hydrogen-bond donors (Lipinski definition) is 1. The standard InChI is InChI=1S/C5H10.C4H10O.H2O/c1-4-5(2)3;1-4(2,3)5;/h4H,1-3H3;5H,1-3H3;1H2. The van der Waals surface area contributed by atoms with Gasteiger partial charge in [0.05, 0.1) is 5.60 Å². The van der Waals surface area contributed by atoms with Gasteiger partial charge in [-0.2, -0.15) is 0 Å². The minimum Gasteiger partial charge on any atom is -0.412 e. The fourth-order valence-corrected chi connectivity index (χ4v) is 0. The van der Waals surface area contributed by atoms with E-state index in [4.69, 9.17) is 5.11 Å². The van der Waals surface area contributed by atoms with Crippen molar-refractivity contribution in [2.75, 3.05) is 0 Å². The van der Waals surface area contributed by atoms with Crippen molar-refractivity contribution in [3.63, 3.8) is 0 Å². The summed E-state index contributed by atoms with van der Waals surface area (Å²) in [5.41, 5.74) is 0.880. The quantitative estimate of drug-likeness (QED) is 0.544. The summed E-state index contributed by atoms with van der Waals surface area (Å²) in [5.74, 6) is 0. The third-order valence-electron chi connectivity index (χ3n) is 0.577. The molecule has 0 aliphatic heterocycles. The molecule has 70 valence electrons. The molecule has 0 aromatic heterocycles. The van der Waals surface area contributed by atoms with Crippen molar-refractivity contribution in [1.29, 1.82) is 0 Å². The first-order valence-corrected chi connectivity index (χ1v) is 3.59. The zero-order valence-corrected chi connectivity index (χ0v) is 8.52.